The molecule has 1 fully saturated rings. The van der Waals surface area contributed by atoms with Crippen LogP contribution in [0.1, 0.15) is 40.0 Å². The summed E-state index contributed by atoms with van der Waals surface area (Å²) in [4.78, 5) is 4.95. The van der Waals surface area contributed by atoms with E-state index >= 15 is 0 Å². The molecule has 0 spiro atoms. The number of nitrogens with two attached hydrogens (primary N) is 1. The Morgan fingerprint density at radius 1 is 1.33 bits per heavy atom. The summed E-state index contributed by atoms with van der Waals surface area (Å²) in [7, 11) is 2.20. The Morgan fingerprint density at radius 2 is 2.00 bits per heavy atom. The maximum atomic E-state index is 9.29. The number of hydrogen-bond acceptors (Lipinski definition) is 4. The zero-order valence-corrected chi connectivity index (χ0v) is 12.6. The van der Waals surface area contributed by atoms with Crippen molar-refractivity contribution in [2.75, 3.05) is 39.8 Å². The summed E-state index contributed by atoms with van der Waals surface area (Å²) in [6.07, 6.45) is 2.83. The van der Waals surface area contributed by atoms with Gasteiger partial charge in [0.25, 0.3) is 0 Å². The molecule has 1 unspecified atom stereocenters. The van der Waals surface area contributed by atoms with Gasteiger partial charge in [-0.1, -0.05) is 6.92 Å². The SMILES string of the molecule is CCC(N)(CO)CCCN1CCN(C)C(C)(C)C1. The lowest BCUT2D eigenvalue weighted by molar-refractivity contribution is 0.0377. The van der Waals surface area contributed by atoms with Crippen LogP contribution >= 0.6 is 0 Å². The summed E-state index contributed by atoms with van der Waals surface area (Å²) in [6, 6.07) is 0. The number of nitrogens with zero attached hydrogens (tertiary/aromatic N) is 2. The summed E-state index contributed by atoms with van der Waals surface area (Å²) >= 11 is 0. The summed E-state index contributed by atoms with van der Waals surface area (Å²) in [5, 5.41) is 9.29. The zero-order chi connectivity index (χ0) is 13.8. The van der Waals surface area contributed by atoms with Gasteiger partial charge in [-0.3, -0.25) is 4.90 Å². The van der Waals surface area contributed by atoms with E-state index in [0.717, 1.165) is 45.4 Å². The fourth-order valence-corrected chi connectivity index (χ4v) is 2.55. The largest absolute Gasteiger partial charge is 0.394 e. The fraction of sp³-hybridized carbons (Fsp3) is 1.00. The van der Waals surface area contributed by atoms with Crippen LogP contribution < -0.4 is 5.73 Å². The smallest absolute Gasteiger partial charge is 0.0611 e. The van der Waals surface area contributed by atoms with Gasteiger partial charge in [0.05, 0.1) is 6.61 Å². The minimum atomic E-state index is -0.373. The topological polar surface area (TPSA) is 52.7 Å². The molecule has 3 N–H and O–H groups in total. The van der Waals surface area contributed by atoms with Crippen molar-refractivity contribution in [1.29, 1.82) is 0 Å². The van der Waals surface area contributed by atoms with Crippen molar-refractivity contribution in [3.8, 4) is 0 Å². The Balaban J connectivity index is 2.33. The Morgan fingerprint density at radius 3 is 2.50 bits per heavy atom. The van der Waals surface area contributed by atoms with E-state index in [0.29, 0.717) is 0 Å². The van der Waals surface area contributed by atoms with Crippen molar-refractivity contribution in [2.24, 2.45) is 5.73 Å². The number of piperazine rings is 1. The Hall–Kier alpha value is -0.160. The van der Waals surface area contributed by atoms with E-state index in [-0.39, 0.29) is 17.7 Å². The number of likely N-dealkylation sites (N-methyl/N-ethyl adjacent to an activating group) is 1. The third-order valence-corrected chi connectivity index (χ3v) is 4.56. The molecule has 0 aromatic carbocycles. The van der Waals surface area contributed by atoms with E-state index in [1.807, 2.05) is 0 Å². The molecule has 1 rings (SSSR count). The Kier molecular flexibility index (Phi) is 5.59. The van der Waals surface area contributed by atoms with E-state index in [4.69, 9.17) is 5.73 Å². The molecule has 4 heteroatoms. The molecule has 0 amide bonds. The van der Waals surface area contributed by atoms with Gasteiger partial charge < -0.3 is 15.7 Å². The van der Waals surface area contributed by atoms with Crippen LogP contribution in [0.2, 0.25) is 0 Å². The van der Waals surface area contributed by atoms with Crippen LogP contribution in [0.25, 0.3) is 0 Å². The second kappa shape index (κ2) is 6.33. The first-order valence-electron chi connectivity index (χ1n) is 7.16. The molecule has 0 aliphatic carbocycles. The van der Waals surface area contributed by atoms with Crippen molar-refractivity contribution < 1.29 is 5.11 Å². The van der Waals surface area contributed by atoms with Crippen molar-refractivity contribution in [2.45, 2.75) is 51.1 Å². The first-order valence-corrected chi connectivity index (χ1v) is 7.16. The molecule has 0 aromatic heterocycles. The van der Waals surface area contributed by atoms with Crippen LogP contribution in [-0.2, 0) is 0 Å². The molecule has 1 aliphatic rings. The van der Waals surface area contributed by atoms with E-state index in [9.17, 15) is 5.11 Å². The number of rotatable bonds is 6. The van der Waals surface area contributed by atoms with Gasteiger partial charge in [0.15, 0.2) is 0 Å². The molecule has 0 bridgehead atoms. The fourth-order valence-electron chi connectivity index (χ4n) is 2.55. The summed E-state index contributed by atoms with van der Waals surface area (Å²) < 4.78 is 0. The second-order valence-corrected chi connectivity index (χ2v) is 6.49. The maximum Gasteiger partial charge on any atom is 0.0611 e. The number of hydrogen-bond donors (Lipinski definition) is 2. The van der Waals surface area contributed by atoms with Gasteiger partial charge in [-0.25, -0.2) is 0 Å². The molecule has 1 atom stereocenters. The highest BCUT2D eigenvalue weighted by molar-refractivity contribution is 4.89. The lowest BCUT2D eigenvalue weighted by atomic mass is 9.92. The van der Waals surface area contributed by atoms with Gasteiger partial charge in [-0.2, -0.15) is 0 Å². The first kappa shape index (κ1) is 15.9. The molecule has 0 radical (unpaired) electrons. The molecule has 0 aromatic rings. The van der Waals surface area contributed by atoms with Crippen molar-refractivity contribution >= 4 is 0 Å². The van der Waals surface area contributed by atoms with Gasteiger partial charge in [0.2, 0.25) is 0 Å². The molecule has 1 aliphatic heterocycles. The number of aliphatic hydroxyl groups excluding tert-OH is 1. The minimum Gasteiger partial charge on any atom is -0.394 e. The van der Waals surface area contributed by atoms with Crippen LogP contribution in [0.3, 0.4) is 0 Å². The average molecular weight is 257 g/mol. The quantitative estimate of drug-likeness (QED) is 0.742. The highest BCUT2D eigenvalue weighted by Crippen LogP contribution is 2.20. The van der Waals surface area contributed by atoms with Crippen molar-refractivity contribution in [3.05, 3.63) is 0 Å². The summed E-state index contributed by atoms with van der Waals surface area (Å²) in [5.41, 5.74) is 6.00. The highest BCUT2D eigenvalue weighted by atomic mass is 16.3. The zero-order valence-electron chi connectivity index (χ0n) is 12.6. The van der Waals surface area contributed by atoms with Crippen LogP contribution in [0.5, 0.6) is 0 Å². The standard InChI is InChI=1S/C14H31N3O/c1-5-14(15,12-18)7-6-8-17-10-9-16(4)13(2,3)11-17/h18H,5-12,15H2,1-4H3. The number of aliphatic hydroxyl groups is 1. The molecule has 1 saturated heterocycles. The Bertz CT molecular complexity index is 251. The van der Waals surface area contributed by atoms with Crippen LogP contribution in [0.4, 0.5) is 0 Å². The third kappa shape index (κ3) is 4.19. The molecular formula is C14H31N3O. The maximum absolute atomic E-state index is 9.29. The summed E-state index contributed by atoms with van der Waals surface area (Å²) in [5.74, 6) is 0. The van der Waals surface area contributed by atoms with E-state index in [1.165, 1.54) is 0 Å². The van der Waals surface area contributed by atoms with Crippen LogP contribution in [0, 0.1) is 0 Å². The van der Waals surface area contributed by atoms with Crippen LogP contribution in [0.15, 0.2) is 0 Å². The van der Waals surface area contributed by atoms with E-state index in [1.54, 1.807) is 0 Å². The van der Waals surface area contributed by atoms with Crippen molar-refractivity contribution in [3.63, 3.8) is 0 Å². The third-order valence-electron chi connectivity index (χ3n) is 4.56. The van der Waals surface area contributed by atoms with Crippen molar-refractivity contribution in [1.82, 2.24) is 9.80 Å². The van der Waals surface area contributed by atoms with Gasteiger partial charge in [0, 0.05) is 30.7 Å². The predicted molar refractivity (Wildman–Crippen MR) is 76.7 cm³/mol. The highest BCUT2D eigenvalue weighted by Gasteiger charge is 2.31. The lowest BCUT2D eigenvalue weighted by Crippen LogP contribution is -2.57. The predicted octanol–water partition coefficient (Wildman–Crippen LogP) is 0.892. The summed E-state index contributed by atoms with van der Waals surface area (Å²) in [6.45, 7) is 11.2. The van der Waals surface area contributed by atoms with Crippen LogP contribution in [-0.4, -0.2) is 65.8 Å². The van der Waals surface area contributed by atoms with Gasteiger partial charge >= 0.3 is 0 Å². The molecular weight excluding hydrogens is 226 g/mol. The lowest BCUT2D eigenvalue weighted by Gasteiger charge is -2.45. The first-order chi connectivity index (χ1) is 8.33. The molecule has 108 valence electrons. The molecule has 1 heterocycles. The minimum absolute atomic E-state index is 0.0950. The Labute approximate surface area is 112 Å². The second-order valence-electron chi connectivity index (χ2n) is 6.49. The molecule has 4 nitrogen and oxygen atoms in total. The monoisotopic (exact) mass is 257 g/mol. The molecule has 18 heavy (non-hydrogen) atoms. The van der Waals surface area contributed by atoms with Gasteiger partial charge in [-0.15, -0.1) is 0 Å². The van der Waals surface area contributed by atoms with E-state index in [2.05, 4.69) is 37.6 Å². The van der Waals surface area contributed by atoms with Gasteiger partial charge in [-0.05, 0) is 46.7 Å². The van der Waals surface area contributed by atoms with Gasteiger partial charge in [0.1, 0.15) is 0 Å². The van der Waals surface area contributed by atoms with E-state index < -0.39 is 0 Å². The average Bonchev–Trinajstić information content (AvgIpc) is 2.33. The normalized spacial score (nSPS) is 25.0. The molecule has 0 saturated carbocycles.